The van der Waals surface area contributed by atoms with E-state index in [0.717, 1.165) is 0 Å². The minimum Gasteiger partial charge on any atom is -0.394 e. The van der Waals surface area contributed by atoms with Gasteiger partial charge in [0.1, 0.15) is 48.8 Å². The third-order valence-electron chi connectivity index (χ3n) is 3.98. The molecule has 2 rings (SSSR count). The standard InChI is InChI=1S/C12H22O11/c13-1-3-5(15)6(16)9(19)12(22-3)23-10-4(2-14)21-11(20)8(18)7(10)17/h3-20H,1-2H2/t3-,4-,5-,6+,7-,8-,9-,10-,11-,12+/m1/s1/i11+1. The molecule has 136 valence electrons. The van der Waals surface area contributed by atoms with Crippen LogP contribution in [0.4, 0.5) is 0 Å². The van der Waals surface area contributed by atoms with Crippen LogP contribution in [0.25, 0.3) is 0 Å². The van der Waals surface area contributed by atoms with Crippen molar-refractivity contribution in [3.05, 3.63) is 0 Å². The molecular weight excluding hydrogens is 321 g/mol. The highest BCUT2D eigenvalue weighted by Gasteiger charge is 2.50. The highest BCUT2D eigenvalue weighted by Crippen LogP contribution is 2.28. The topological polar surface area (TPSA) is 190 Å². The van der Waals surface area contributed by atoms with Crippen LogP contribution in [0.15, 0.2) is 0 Å². The summed E-state index contributed by atoms with van der Waals surface area (Å²) in [7, 11) is 0. The van der Waals surface area contributed by atoms with Crippen LogP contribution in [-0.4, -0.2) is 115 Å². The molecule has 0 aromatic heterocycles. The van der Waals surface area contributed by atoms with E-state index in [1.165, 1.54) is 0 Å². The molecule has 2 aliphatic heterocycles. The van der Waals surface area contributed by atoms with Crippen molar-refractivity contribution in [2.75, 3.05) is 13.2 Å². The zero-order valence-corrected chi connectivity index (χ0v) is 12.0. The molecule has 2 saturated heterocycles. The molecule has 23 heavy (non-hydrogen) atoms. The van der Waals surface area contributed by atoms with Crippen molar-refractivity contribution < 1.29 is 55.1 Å². The molecule has 0 saturated carbocycles. The average Bonchev–Trinajstić information content (AvgIpc) is 2.55. The van der Waals surface area contributed by atoms with Crippen molar-refractivity contribution in [3.8, 4) is 0 Å². The van der Waals surface area contributed by atoms with Crippen molar-refractivity contribution in [1.82, 2.24) is 0 Å². The summed E-state index contributed by atoms with van der Waals surface area (Å²) >= 11 is 0. The number of hydrogen-bond acceptors (Lipinski definition) is 11. The maximum atomic E-state index is 9.94. The second kappa shape index (κ2) is 7.63. The summed E-state index contributed by atoms with van der Waals surface area (Å²) in [4.78, 5) is 0. The van der Waals surface area contributed by atoms with Gasteiger partial charge in [0.15, 0.2) is 12.6 Å². The van der Waals surface area contributed by atoms with E-state index >= 15 is 0 Å². The molecule has 0 spiro atoms. The number of rotatable bonds is 4. The lowest BCUT2D eigenvalue weighted by atomic mass is 9.98. The number of aliphatic hydroxyl groups excluding tert-OH is 8. The number of ether oxygens (including phenoxy) is 3. The van der Waals surface area contributed by atoms with Gasteiger partial charge in [0.25, 0.3) is 0 Å². The molecule has 0 radical (unpaired) electrons. The van der Waals surface area contributed by atoms with Gasteiger partial charge in [0, 0.05) is 0 Å². The van der Waals surface area contributed by atoms with Crippen LogP contribution in [-0.2, 0) is 14.2 Å². The summed E-state index contributed by atoms with van der Waals surface area (Å²) < 4.78 is 15.3. The summed E-state index contributed by atoms with van der Waals surface area (Å²) in [5.74, 6) is 0. The molecule has 2 aliphatic rings. The maximum absolute atomic E-state index is 9.94. The lowest BCUT2D eigenvalue weighted by Gasteiger charge is -2.45. The minimum absolute atomic E-state index is 0.667. The predicted molar refractivity (Wildman–Crippen MR) is 68.6 cm³/mol. The Morgan fingerprint density at radius 1 is 0.652 bits per heavy atom. The average molecular weight is 343 g/mol. The van der Waals surface area contributed by atoms with Gasteiger partial charge in [-0.3, -0.25) is 0 Å². The van der Waals surface area contributed by atoms with Gasteiger partial charge in [0.2, 0.25) is 0 Å². The van der Waals surface area contributed by atoms with Gasteiger partial charge >= 0.3 is 0 Å². The van der Waals surface area contributed by atoms with E-state index in [1.807, 2.05) is 0 Å². The predicted octanol–water partition coefficient (Wildman–Crippen LogP) is -5.40. The third-order valence-corrected chi connectivity index (χ3v) is 3.98. The fourth-order valence-corrected chi connectivity index (χ4v) is 2.57. The summed E-state index contributed by atoms with van der Waals surface area (Å²) in [5.41, 5.74) is 0. The Hall–Kier alpha value is -0.440. The number of aliphatic hydroxyl groups is 8. The molecule has 0 amide bonds. The molecular formula is C12H22O11. The van der Waals surface area contributed by atoms with Gasteiger partial charge in [-0.05, 0) is 0 Å². The van der Waals surface area contributed by atoms with E-state index in [0.29, 0.717) is 0 Å². The van der Waals surface area contributed by atoms with E-state index in [9.17, 15) is 35.7 Å². The lowest BCUT2D eigenvalue weighted by molar-refractivity contribution is -0.355. The smallest absolute Gasteiger partial charge is 0.187 e. The van der Waals surface area contributed by atoms with Crippen LogP contribution in [0.1, 0.15) is 0 Å². The molecule has 2 fully saturated rings. The normalized spacial score (nSPS) is 51.7. The third kappa shape index (κ3) is 3.65. The second-order valence-electron chi connectivity index (χ2n) is 5.53. The Kier molecular flexibility index (Phi) is 6.27. The van der Waals surface area contributed by atoms with Crippen LogP contribution >= 0.6 is 0 Å². The summed E-state index contributed by atoms with van der Waals surface area (Å²) in [6.45, 7) is -1.35. The lowest BCUT2D eigenvalue weighted by Crippen LogP contribution is -2.64. The fourth-order valence-electron chi connectivity index (χ4n) is 2.57. The van der Waals surface area contributed by atoms with E-state index in [2.05, 4.69) is 0 Å². The Morgan fingerprint density at radius 3 is 1.83 bits per heavy atom. The fraction of sp³-hybridized carbons (Fsp3) is 1.00. The highest BCUT2D eigenvalue weighted by molar-refractivity contribution is 4.93. The van der Waals surface area contributed by atoms with Crippen molar-refractivity contribution >= 4 is 0 Å². The molecule has 11 heteroatoms. The van der Waals surface area contributed by atoms with E-state index in [4.69, 9.17) is 19.3 Å². The first-order valence-corrected chi connectivity index (χ1v) is 7.08. The largest absolute Gasteiger partial charge is 0.394 e. The zero-order valence-electron chi connectivity index (χ0n) is 12.0. The van der Waals surface area contributed by atoms with Crippen molar-refractivity contribution in [3.63, 3.8) is 0 Å². The molecule has 0 aromatic rings. The first-order chi connectivity index (χ1) is 10.8. The van der Waals surface area contributed by atoms with Gasteiger partial charge in [-0.2, -0.15) is 0 Å². The van der Waals surface area contributed by atoms with Crippen LogP contribution in [0, 0.1) is 0 Å². The molecule has 11 nitrogen and oxygen atoms in total. The molecule has 0 aromatic carbocycles. The quantitative estimate of drug-likeness (QED) is 0.227. The Labute approximate surface area is 130 Å². The Bertz CT molecular complexity index is 378. The van der Waals surface area contributed by atoms with Crippen LogP contribution in [0.3, 0.4) is 0 Å². The molecule has 0 unspecified atom stereocenters. The van der Waals surface area contributed by atoms with E-state index < -0.39 is 74.6 Å². The van der Waals surface area contributed by atoms with Gasteiger partial charge in [-0.25, -0.2) is 0 Å². The second-order valence-corrected chi connectivity index (χ2v) is 5.53. The molecule has 10 atom stereocenters. The number of hydrogen-bond donors (Lipinski definition) is 8. The van der Waals surface area contributed by atoms with Gasteiger partial charge in [0.05, 0.1) is 13.2 Å². The Morgan fingerprint density at radius 2 is 1.26 bits per heavy atom. The first-order valence-electron chi connectivity index (χ1n) is 7.08. The molecule has 0 bridgehead atoms. The van der Waals surface area contributed by atoms with Crippen LogP contribution < -0.4 is 0 Å². The molecule has 8 N–H and O–H groups in total. The SMILES string of the molecule is OC[C@H]1O[C@@H](O[C@H]2[C@H](O)[C@@H](O)[13C@H](O)O[C@@H]2CO)[C@H](O)[C@@H](O)[C@@H]1O. The van der Waals surface area contributed by atoms with Gasteiger partial charge in [-0.1, -0.05) is 0 Å². The monoisotopic (exact) mass is 343 g/mol. The Balaban J connectivity index is 2.11. The van der Waals surface area contributed by atoms with Gasteiger partial charge in [-0.15, -0.1) is 0 Å². The van der Waals surface area contributed by atoms with E-state index in [1.54, 1.807) is 0 Å². The first kappa shape index (κ1) is 18.9. The minimum atomic E-state index is -1.74. The van der Waals surface area contributed by atoms with Crippen LogP contribution in [0.2, 0.25) is 0 Å². The molecule has 2 heterocycles. The summed E-state index contributed by atoms with van der Waals surface area (Å²) in [6, 6.07) is 0. The summed E-state index contributed by atoms with van der Waals surface area (Å²) in [5, 5.41) is 76.5. The summed E-state index contributed by atoms with van der Waals surface area (Å²) in [6.07, 6.45) is -15.6. The highest BCUT2D eigenvalue weighted by atomic mass is 16.8. The van der Waals surface area contributed by atoms with Crippen LogP contribution in [0.5, 0.6) is 0 Å². The zero-order chi connectivity index (χ0) is 17.3. The molecule has 0 aliphatic carbocycles. The van der Waals surface area contributed by atoms with Crippen molar-refractivity contribution in [1.29, 1.82) is 0 Å². The van der Waals surface area contributed by atoms with Crippen molar-refractivity contribution in [2.45, 2.75) is 61.4 Å². The maximum Gasteiger partial charge on any atom is 0.187 e. The van der Waals surface area contributed by atoms with Gasteiger partial charge < -0.3 is 55.1 Å². The van der Waals surface area contributed by atoms with Crippen molar-refractivity contribution in [2.24, 2.45) is 0 Å². The van der Waals surface area contributed by atoms with E-state index in [-0.39, 0.29) is 0 Å².